The van der Waals surface area contributed by atoms with E-state index in [4.69, 9.17) is 42.6 Å². The average Bonchev–Trinajstić information content (AvgIpc) is 2.97. The summed E-state index contributed by atoms with van der Waals surface area (Å²) in [6.45, 7) is 5.32. The number of carbonyl (C=O) groups is 1. The van der Waals surface area contributed by atoms with Gasteiger partial charge < -0.3 is 24.8 Å². The fourth-order valence-electron chi connectivity index (χ4n) is 5.42. The first-order chi connectivity index (χ1) is 19.8. The number of nitrogens with zero attached hydrogens (tertiary/aromatic N) is 3. The molecule has 0 saturated heterocycles. The lowest BCUT2D eigenvalue weighted by atomic mass is 9.86. The average molecular weight is 596 g/mol. The molecule has 0 fully saturated rings. The van der Waals surface area contributed by atoms with Crippen molar-refractivity contribution in [3.63, 3.8) is 0 Å². The molecule has 214 valence electrons. The van der Waals surface area contributed by atoms with Gasteiger partial charge in [0.25, 0.3) is 5.91 Å². The molecule has 5 rings (SSSR count). The van der Waals surface area contributed by atoms with Crippen LogP contribution < -0.4 is 19.7 Å². The van der Waals surface area contributed by atoms with Crippen molar-refractivity contribution >= 4 is 45.8 Å². The molecular formula is C31H32Cl2N4O4. The molecule has 0 radical (unpaired) electrons. The highest BCUT2D eigenvalue weighted by atomic mass is 35.5. The molecule has 8 nitrogen and oxygen atoms in total. The number of halogens is 2. The zero-order valence-electron chi connectivity index (χ0n) is 23.2. The minimum Gasteiger partial charge on any atom is -0.494 e. The Hall–Kier alpha value is -3.59. The summed E-state index contributed by atoms with van der Waals surface area (Å²) in [5.74, 6) is 0.920. The van der Waals surface area contributed by atoms with Crippen LogP contribution in [0.4, 0.5) is 5.69 Å². The molecule has 1 atom stereocenters. The lowest BCUT2D eigenvalue weighted by Crippen LogP contribution is -2.47. The number of anilines is 1. The third-order valence-corrected chi connectivity index (χ3v) is 8.24. The fraction of sp³-hybridized carbons (Fsp3) is 0.323. The molecule has 1 aliphatic rings. The lowest BCUT2D eigenvalue weighted by Gasteiger charge is -2.37. The third-order valence-electron chi connectivity index (χ3n) is 7.42. The Morgan fingerprint density at radius 2 is 1.90 bits per heavy atom. The van der Waals surface area contributed by atoms with E-state index in [0.717, 1.165) is 17.7 Å². The molecule has 0 saturated carbocycles. The van der Waals surface area contributed by atoms with E-state index < -0.39 is 5.54 Å². The highest BCUT2D eigenvalue weighted by Crippen LogP contribution is 2.44. The number of hydrogen-bond acceptors (Lipinski definition) is 7. The van der Waals surface area contributed by atoms with Crippen LogP contribution in [-0.2, 0) is 5.54 Å². The van der Waals surface area contributed by atoms with Gasteiger partial charge in [-0.3, -0.25) is 9.78 Å². The van der Waals surface area contributed by atoms with Gasteiger partial charge in [0.1, 0.15) is 22.5 Å². The van der Waals surface area contributed by atoms with Gasteiger partial charge in [-0.05, 0) is 25.5 Å². The zero-order chi connectivity index (χ0) is 29.1. The first kappa shape index (κ1) is 28.9. The highest BCUT2D eigenvalue weighted by molar-refractivity contribution is 6.44. The summed E-state index contributed by atoms with van der Waals surface area (Å²) in [4.78, 5) is 25.6. The third kappa shape index (κ3) is 5.39. The number of nitrogens with one attached hydrogen (secondary N) is 1. The van der Waals surface area contributed by atoms with Gasteiger partial charge in [0.15, 0.2) is 0 Å². The predicted octanol–water partition coefficient (Wildman–Crippen LogP) is 6.25. The first-order valence-electron chi connectivity index (χ1n) is 13.5. The zero-order valence-corrected chi connectivity index (χ0v) is 24.7. The van der Waals surface area contributed by atoms with Crippen molar-refractivity contribution in [2.24, 2.45) is 0 Å². The number of benzene rings is 2. The number of methoxy groups -OCH3 is 1. The summed E-state index contributed by atoms with van der Waals surface area (Å²) in [6, 6.07) is 13.1. The van der Waals surface area contributed by atoms with Gasteiger partial charge in [0.05, 0.1) is 58.9 Å². The summed E-state index contributed by atoms with van der Waals surface area (Å²) in [7, 11) is 1.55. The van der Waals surface area contributed by atoms with Crippen LogP contribution in [0.3, 0.4) is 0 Å². The predicted molar refractivity (Wildman–Crippen MR) is 163 cm³/mol. The maximum atomic E-state index is 14.1. The van der Waals surface area contributed by atoms with Crippen LogP contribution in [0.25, 0.3) is 22.2 Å². The van der Waals surface area contributed by atoms with E-state index in [2.05, 4.69) is 5.32 Å². The molecule has 0 spiro atoms. The molecule has 2 N–H and O–H groups in total. The minimum absolute atomic E-state index is 0.101. The molecule has 3 heterocycles. The van der Waals surface area contributed by atoms with Crippen molar-refractivity contribution in [1.29, 1.82) is 0 Å². The Morgan fingerprint density at radius 1 is 1.12 bits per heavy atom. The Morgan fingerprint density at radius 3 is 2.66 bits per heavy atom. The molecule has 0 aliphatic carbocycles. The van der Waals surface area contributed by atoms with Crippen LogP contribution in [0, 0.1) is 0 Å². The standard InChI is InChI=1S/C31H32Cl2N4O4/c1-4-13-37(14-15-38)29-20(30(39)36-31(2)12-16-41-23-11-6-5-9-21(23)31)17-34-27-25(24(40-3)18-35-28(27)29)19-8-7-10-22(32)26(19)33/h5-11,17-18,38H,4,12-16H2,1-3H3,(H,36,39). The Bertz CT molecular complexity index is 1590. The van der Waals surface area contributed by atoms with Gasteiger partial charge in [0, 0.05) is 36.8 Å². The number of para-hydroxylation sites is 1. The summed E-state index contributed by atoms with van der Waals surface area (Å²) in [6.07, 6.45) is 4.55. The number of carbonyl (C=O) groups excluding carboxylic acids is 1. The van der Waals surface area contributed by atoms with Crippen LogP contribution >= 0.6 is 23.2 Å². The molecule has 0 bridgehead atoms. The number of rotatable bonds is 9. The summed E-state index contributed by atoms with van der Waals surface area (Å²) >= 11 is 13.0. The van der Waals surface area contributed by atoms with E-state index >= 15 is 0 Å². The molecule has 1 amide bonds. The van der Waals surface area contributed by atoms with Crippen molar-refractivity contribution in [3.8, 4) is 22.6 Å². The largest absolute Gasteiger partial charge is 0.494 e. The molecule has 41 heavy (non-hydrogen) atoms. The Balaban J connectivity index is 1.71. The van der Waals surface area contributed by atoms with Gasteiger partial charge in [-0.2, -0.15) is 0 Å². The SMILES string of the molecule is CCCN(CCO)c1c(C(=O)NC2(C)CCOc3ccccc32)cnc2c(-c3cccc(Cl)c3Cl)c(OC)cnc12. The summed E-state index contributed by atoms with van der Waals surface area (Å²) in [5.41, 5.74) is 3.43. The van der Waals surface area contributed by atoms with Crippen LogP contribution in [0.5, 0.6) is 11.5 Å². The number of aliphatic hydroxyl groups excluding tert-OH is 1. The van der Waals surface area contributed by atoms with E-state index in [1.54, 1.807) is 31.6 Å². The number of amides is 1. The van der Waals surface area contributed by atoms with E-state index in [9.17, 15) is 9.90 Å². The number of aromatic nitrogens is 2. The molecule has 10 heteroatoms. The maximum absolute atomic E-state index is 14.1. The van der Waals surface area contributed by atoms with Crippen molar-refractivity contribution in [1.82, 2.24) is 15.3 Å². The van der Waals surface area contributed by atoms with E-state index in [1.165, 1.54) is 0 Å². The number of pyridine rings is 2. The van der Waals surface area contributed by atoms with Gasteiger partial charge in [0.2, 0.25) is 0 Å². The second kappa shape index (κ2) is 12.1. The van der Waals surface area contributed by atoms with Crippen molar-refractivity contribution in [3.05, 3.63) is 76.0 Å². The molecule has 1 aliphatic heterocycles. The quantitative estimate of drug-likeness (QED) is 0.236. The minimum atomic E-state index is -0.655. The van der Waals surface area contributed by atoms with Gasteiger partial charge in [-0.25, -0.2) is 4.98 Å². The second-order valence-electron chi connectivity index (χ2n) is 10.1. The monoisotopic (exact) mass is 594 g/mol. The first-order valence-corrected chi connectivity index (χ1v) is 14.3. The second-order valence-corrected chi connectivity index (χ2v) is 10.9. The number of ether oxygens (including phenoxy) is 2. The lowest BCUT2D eigenvalue weighted by molar-refractivity contribution is 0.0873. The number of hydrogen-bond donors (Lipinski definition) is 2. The van der Waals surface area contributed by atoms with Crippen LogP contribution in [0.15, 0.2) is 54.9 Å². The Labute approximate surface area is 249 Å². The fourth-order valence-corrected chi connectivity index (χ4v) is 5.82. The number of fused-ring (bicyclic) bond motifs is 2. The van der Waals surface area contributed by atoms with Crippen LogP contribution in [0.1, 0.15) is 42.6 Å². The number of aliphatic hydroxyl groups is 1. The topological polar surface area (TPSA) is 96.8 Å². The smallest absolute Gasteiger partial charge is 0.255 e. The highest BCUT2D eigenvalue weighted by Gasteiger charge is 2.36. The Kier molecular flexibility index (Phi) is 8.54. The van der Waals surface area contributed by atoms with Gasteiger partial charge in [-0.15, -0.1) is 0 Å². The van der Waals surface area contributed by atoms with Crippen LogP contribution in [0.2, 0.25) is 10.0 Å². The normalized spacial score (nSPS) is 16.1. The van der Waals surface area contributed by atoms with Gasteiger partial charge in [-0.1, -0.05) is 60.5 Å². The molecule has 2 aromatic carbocycles. The van der Waals surface area contributed by atoms with E-state index in [-0.39, 0.29) is 12.5 Å². The summed E-state index contributed by atoms with van der Waals surface area (Å²) < 4.78 is 11.5. The van der Waals surface area contributed by atoms with Crippen molar-refractivity contribution < 1.29 is 19.4 Å². The summed E-state index contributed by atoms with van der Waals surface area (Å²) in [5, 5.41) is 14.0. The van der Waals surface area contributed by atoms with Gasteiger partial charge >= 0.3 is 0 Å². The molecule has 1 unspecified atom stereocenters. The van der Waals surface area contributed by atoms with Crippen molar-refractivity contribution in [2.75, 3.05) is 38.3 Å². The maximum Gasteiger partial charge on any atom is 0.255 e. The van der Waals surface area contributed by atoms with Crippen LogP contribution in [-0.4, -0.2) is 54.4 Å². The molecular weight excluding hydrogens is 563 g/mol. The van der Waals surface area contributed by atoms with E-state index in [0.29, 0.717) is 75.3 Å². The molecule has 2 aromatic heterocycles. The van der Waals surface area contributed by atoms with E-state index in [1.807, 2.05) is 49.1 Å². The molecule has 4 aromatic rings. The van der Waals surface area contributed by atoms with Crippen molar-refractivity contribution in [2.45, 2.75) is 32.2 Å².